The van der Waals surface area contributed by atoms with Gasteiger partial charge in [-0.1, -0.05) is 41.7 Å². The Morgan fingerprint density at radius 2 is 1.73 bits per heavy atom. The minimum Gasteiger partial charge on any atom is -0.490 e. The van der Waals surface area contributed by atoms with E-state index in [1.54, 1.807) is 12.1 Å². The first kappa shape index (κ1) is 14.2. The van der Waals surface area contributed by atoms with Gasteiger partial charge in [-0.15, -0.1) is 10.2 Å². The van der Waals surface area contributed by atoms with Crippen LogP contribution < -0.4 is 4.74 Å². The van der Waals surface area contributed by atoms with Gasteiger partial charge >= 0.3 is 5.69 Å². The maximum absolute atomic E-state index is 11.1. The van der Waals surface area contributed by atoms with Crippen LogP contribution >= 0.6 is 11.3 Å². The van der Waals surface area contributed by atoms with E-state index in [1.807, 2.05) is 30.3 Å². The summed E-state index contributed by atoms with van der Waals surface area (Å²) < 4.78 is 5.00. The summed E-state index contributed by atoms with van der Waals surface area (Å²) in [6.45, 7) is 0. The molecule has 0 aliphatic carbocycles. The molecule has 1 aromatic heterocycles. The second-order valence-electron chi connectivity index (χ2n) is 4.42. The quantitative estimate of drug-likeness (QED) is 0.541. The lowest BCUT2D eigenvalue weighted by Crippen LogP contribution is -1.94. The summed E-state index contributed by atoms with van der Waals surface area (Å²) in [5.74, 6) is 0.224. The molecule has 0 N–H and O–H groups in total. The van der Waals surface area contributed by atoms with E-state index in [9.17, 15) is 10.1 Å². The number of nitro groups is 1. The standard InChI is InChI=1S/C15H11N3O3S/c1-21-13-8-7-11(9-12(13)18(19)20)15-17-16-14(22-15)10-5-3-2-4-6-10/h2-9H,1H3. The minimum atomic E-state index is -0.471. The van der Waals surface area contributed by atoms with Gasteiger partial charge in [-0.05, 0) is 12.1 Å². The van der Waals surface area contributed by atoms with E-state index in [0.29, 0.717) is 10.6 Å². The number of benzene rings is 2. The van der Waals surface area contributed by atoms with E-state index in [-0.39, 0.29) is 11.4 Å². The van der Waals surface area contributed by atoms with Gasteiger partial charge in [0.1, 0.15) is 10.0 Å². The summed E-state index contributed by atoms with van der Waals surface area (Å²) >= 11 is 1.39. The number of hydrogen-bond acceptors (Lipinski definition) is 6. The molecule has 1 heterocycles. The Morgan fingerprint density at radius 1 is 1.05 bits per heavy atom. The third kappa shape index (κ3) is 2.66. The van der Waals surface area contributed by atoms with Crippen molar-refractivity contribution in [2.45, 2.75) is 0 Å². The number of methoxy groups -OCH3 is 1. The number of nitro benzene ring substituents is 1. The van der Waals surface area contributed by atoms with E-state index in [1.165, 1.54) is 24.5 Å². The molecule has 0 amide bonds. The maximum Gasteiger partial charge on any atom is 0.311 e. The lowest BCUT2D eigenvalue weighted by Gasteiger charge is -2.02. The Morgan fingerprint density at radius 3 is 2.36 bits per heavy atom. The van der Waals surface area contributed by atoms with Crippen molar-refractivity contribution in [3.8, 4) is 26.9 Å². The van der Waals surface area contributed by atoms with E-state index >= 15 is 0 Å². The second kappa shape index (κ2) is 5.90. The third-order valence-electron chi connectivity index (χ3n) is 3.07. The van der Waals surface area contributed by atoms with Crippen LogP contribution in [0.2, 0.25) is 0 Å². The van der Waals surface area contributed by atoms with Gasteiger partial charge in [0, 0.05) is 17.2 Å². The van der Waals surface area contributed by atoms with E-state index in [2.05, 4.69) is 10.2 Å². The van der Waals surface area contributed by atoms with Crippen molar-refractivity contribution in [3.63, 3.8) is 0 Å². The average Bonchev–Trinajstić information content (AvgIpc) is 3.05. The highest BCUT2D eigenvalue weighted by atomic mass is 32.1. The van der Waals surface area contributed by atoms with Gasteiger partial charge in [0.25, 0.3) is 0 Å². The summed E-state index contributed by atoms with van der Waals surface area (Å²) in [6.07, 6.45) is 0. The fourth-order valence-electron chi connectivity index (χ4n) is 2.00. The molecule has 0 atom stereocenters. The lowest BCUT2D eigenvalue weighted by atomic mass is 10.2. The molecule has 0 fully saturated rings. The van der Waals surface area contributed by atoms with E-state index < -0.39 is 4.92 Å². The molecule has 2 aromatic carbocycles. The first-order chi connectivity index (χ1) is 10.7. The van der Waals surface area contributed by atoms with Crippen LogP contribution in [0.4, 0.5) is 5.69 Å². The molecule has 0 bridgehead atoms. The first-order valence-corrected chi connectivity index (χ1v) is 7.22. The van der Waals surface area contributed by atoms with Crippen molar-refractivity contribution in [2.75, 3.05) is 7.11 Å². The zero-order valence-corrected chi connectivity index (χ0v) is 12.4. The van der Waals surface area contributed by atoms with Crippen LogP contribution in [-0.2, 0) is 0 Å². The van der Waals surface area contributed by atoms with Gasteiger partial charge in [-0.25, -0.2) is 0 Å². The van der Waals surface area contributed by atoms with Gasteiger partial charge in [0.05, 0.1) is 12.0 Å². The summed E-state index contributed by atoms with van der Waals surface area (Å²) in [7, 11) is 1.40. The number of aromatic nitrogens is 2. The second-order valence-corrected chi connectivity index (χ2v) is 5.40. The summed E-state index contributed by atoms with van der Waals surface area (Å²) in [5.41, 5.74) is 1.53. The fraction of sp³-hybridized carbons (Fsp3) is 0.0667. The molecule has 0 aliphatic heterocycles. The predicted molar refractivity (Wildman–Crippen MR) is 84.0 cm³/mol. The summed E-state index contributed by atoms with van der Waals surface area (Å²) in [4.78, 5) is 10.6. The maximum atomic E-state index is 11.1. The monoisotopic (exact) mass is 313 g/mol. The topological polar surface area (TPSA) is 78.2 Å². The molecule has 3 aromatic rings. The number of hydrogen-bond donors (Lipinski definition) is 0. The van der Waals surface area contributed by atoms with E-state index in [0.717, 1.165) is 10.6 Å². The van der Waals surface area contributed by atoms with Crippen LogP contribution in [0.25, 0.3) is 21.1 Å². The summed E-state index contributed by atoms with van der Waals surface area (Å²) in [5, 5.41) is 20.8. The Kier molecular flexibility index (Phi) is 3.80. The molecule has 0 saturated carbocycles. The predicted octanol–water partition coefficient (Wildman–Crippen LogP) is 3.79. The molecule has 0 spiro atoms. The molecule has 110 valence electrons. The van der Waals surface area contributed by atoms with Gasteiger partial charge in [0.15, 0.2) is 5.75 Å². The van der Waals surface area contributed by atoms with Gasteiger partial charge in [0.2, 0.25) is 0 Å². The highest BCUT2D eigenvalue weighted by Crippen LogP contribution is 2.35. The average molecular weight is 313 g/mol. The molecule has 0 aliphatic rings. The minimum absolute atomic E-state index is 0.0866. The van der Waals surface area contributed by atoms with Gasteiger partial charge in [-0.2, -0.15) is 0 Å². The zero-order valence-electron chi connectivity index (χ0n) is 11.6. The molecule has 0 saturated heterocycles. The molecule has 6 nitrogen and oxygen atoms in total. The van der Waals surface area contributed by atoms with E-state index in [4.69, 9.17) is 4.74 Å². The van der Waals surface area contributed by atoms with Crippen molar-refractivity contribution in [3.05, 3.63) is 58.6 Å². The van der Waals surface area contributed by atoms with Crippen LogP contribution in [0.15, 0.2) is 48.5 Å². The molecule has 0 unspecified atom stereocenters. The fourth-order valence-corrected chi connectivity index (χ4v) is 2.85. The molecule has 7 heteroatoms. The number of nitrogens with zero attached hydrogens (tertiary/aromatic N) is 3. The number of ether oxygens (including phenoxy) is 1. The normalized spacial score (nSPS) is 10.4. The molecule has 0 radical (unpaired) electrons. The van der Waals surface area contributed by atoms with Gasteiger partial charge < -0.3 is 4.74 Å². The smallest absolute Gasteiger partial charge is 0.311 e. The molecule has 3 rings (SSSR count). The van der Waals surface area contributed by atoms with Crippen LogP contribution in [0.3, 0.4) is 0 Å². The van der Waals surface area contributed by atoms with Crippen molar-refractivity contribution < 1.29 is 9.66 Å². The third-order valence-corrected chi connectivity index (χ3v) is 4.09. The highest BCUT2D eigenvalue weighted by Gasteiger charge is 2.17. The molecule has 22 heavy (non-hydrogen) atoms. The SMILES string of the molecule is COc1ccc(-c2nnc(-c3ccccc3)s2)cc1[N+](=O)[O-]. The Bertz CT molecular complexity index is 818. The van der Waals surface area contributed by atoms with Crippen molar-refractivity contribution >= 4 is 17.0 Å². The first-order valence-electron chi connectivity index (χ1n) is 6.41. The van der Waals surface area contributed by atoms with Crippen LogP contribution in [0, 0.1) is 10.1 Å². The zero-order chi connectivity index (χ0) is 15.5. The molecular weight excluding hydrogens is 302 g/mol. The Balaban J connectivity index is 2.00. The Labute approximate surface area is 130 Å². The summed E-state index contributed by atoms with van der Waals surface area (Å²) in [6, 6.07) is 14.4. The van der Waals surface area contributed by atoms with Gasteiger partial charge in [-0.3, -0.25) is 10.1 Å². The molecular formula is C15H11N3O3S. The Hall–Kier alpha value is -2.80. The highest BCUT2D eigenvalue weighted by molar-refractivity contribution is 7.17. The van der Waals surface area contributed by atoms with Crippen molar-refractivity contribution in [1.82, 2.24) is 10.2 Å². The number of rotatable bonds is 4. The van der Waals surface area contributed by atoms with Crippen molar-refractivity contribution in [2.24, 2.45) is 0 Å². The van der Waals surface area contributed by atoms with Crippen molar-refractivity contribution in [1.29, 1.82) is 0 Å². The largest absolute Gasteiger partial charge is 0.490 e. The van der Waals surface area contributed by atoms with Crippen LogP contribution in [-0.4, -0.2) is 22.2 Å². The lowest BCUT2D eigenvalue weighted by molar-refractivity contribution is -0.385. The van der Waals surface area contributed by atoms with Crippen LogP contribution in [0.1, 0.15) is 0 Å². The van der Waals surface area contributed by atoms with Crippen LogP contribution in [0.5, 0.6) is 5.75 Å².